The maximum absolute atomic E-state index is 12.6. The van der Waals surface area contributed by atoms with Crippen molar-refractivity contribution in [3.05, 3.63) is 54.7 Å². The van der Waals surface area contributed by atoms with Crippen molar-refractivity contribution in [2.24, 2.45) is 0 Å². The summed E-state index contributed by atoms with van der Waals surface area (Å²) >= 11 is 0. The summed E-state index contributed by atoms with van der Waals surface area (Å²) in [4.78, 5) is 14.1. The molecule has 0 fully saturated rings. The van der Waals surface area contributed by atoms with E-state index in [1.54, 1.807) is 30.5 Å². The molecule has 0 N–H and O–H groups in total. The third kappa shape index (κ3) is 2.70. The lowest BCUT2D eigenvalue weighted by molar-refractivity contribution is 0.0597. The second-order valence-electron chi connectivity index (χ2n) is 5.88. The molecular weight excluding hydrogens is 282 g/mol. The zero-order chi connectivity index (χ0) is 15.7. The molecule has 0 unspecified atom stereocenters. The third-order valence-corrected chi connectivity index (χ3v) is 2.99. The Morgan fingerprint density at radius 1 is 1.14 bits per heavy atom. The number of furan rings is 1. The first kappa shape index (κ1) is 14.3. The first-order valence-electron chi connectivity index (χ1n) is 6.98. The SMILES string of the molecule is CC(C)(C)OC(=O)N1C(c2ccco2)=COc2ccccc21. The number of anilines is 1. The highest BCUT2D eigenvalue weighted by Gasteiger charge is 2.32. The third-order valence-electron chi connectivity index (χ3n) is 2.99. The van der Waals surface area contributed by atoms with Crippen LogP contribution in [0.15, 0.2) is 53.3 Å². The van der Waals surface area contributed by atoms with Crippen LogP contribution >= 0.6 is 0 Å². The van der Waals surface area contributed by atoms with Gasteiger partial charge in [-0.05, 0) is 45.0 Å². The topological polar surface area (TPSA) is 51.9 Å². The number of rotatable bonds is 1. The highest BCUT2D eigenvalue weighted by Crippen LogP contribution is 2.39. The molecule has 0 saturated heterocycles. The van der Waals surface area contributed by atoms with Crippen molar-refractivity contribution in [3.63, 3.8) is 0 Å². The summed E-state index contributed by atoms with van der Waals surface area (Å²) in [6.45, 7) is 5.48. The molecule has 1 aliphatic rings. The fourth-order valence-corrected chi connectivity index (χ4v) is 2.14. The van der Waals surface area contributed by atoms with E-state index in [1.165, 1.54) is 11.2 Å². The van der Waals surface area contributed by atoms with Gasteiger partial charge >= 0.3 is 6.09 Å². The molecule has 0 atom stereocenters. The average Bonchev–Trinajstić information content (AvgIpc) is 2.98. The van der Waals surface area contributed by atoms with E-state index in [1.807, 2.05) is 32.9 Å². The van der Waals surface area contributed by atoms with Crippen LogP contribution in [0.2, 0.25) is 0 Å². The average molecular weight is 299 g/mol. The van der Waals surface area contributed by atoms with Crippen LogP contribution in [0.4, 0.5) is 10.5 Å². The summed E-state index contributed by atoms with van der Waals surface area (Å²) in [7, 11) is 0. The zero-order valence-corrected chi connectivity index (χ0v) is 12.7. The number of carbonyl (C=O) groups excluding carboxylic acids is 1. The monoisotopic (exact) mass is 299 g/mol. The molecule has 3 rings (SSSR count). The fourth-order valence-electron chi connectivity index (χ4n) is 2.14. The van der Waals surface area contributed by atoms with Gasteiger partial charge in [-0.2, -0.15) is 0 Å². The van der Waals surface area contributed by atoms with Crippen molar-refractivity contribution in [3.8, 4) is 5.75 Å². The van der Waals surface area contributed by atoms with Gasteiger partial charge in [-0.25, -0.2) is 9.69 Å². The van der Waals surface area contributed by atoms with Gasteiger partial charge in [-0.15, -0.1) is 0 Å². The summed E-state index contributed by atoms with van der Waals surface area (Å²) in [6, 6.07) is 10.8. The molecular formula is C17H17NO4. The molecule has 0 saturated carbocycles. The highest BCUT2D eigenvalue weighted by atomic mass is 16.6. The van der Waals surface area contributed by atoms with E-state index in [-0.39, 0.29) is 0 Å². The highest BCUT2D eigenvalue weighted by molar-refractivity contribution is 6.04. The Hall–Kier alpha value is -2.69. The molecule has 0 aliphatic carbocycles. The Morgan fingerprint density at radius 2 is 1.91 bits per heavy atom. The van der Waals surface area contributed by atoms with E-state index in [0.29, 0.717) is 22.9 Å². The van der Waals surface area contributed by atoms with Crippen LogP contribution in [0.1, 0.15) is 26.5 Å². The van der Waals surface area contributed by atoms with Crippen LogP contribution in [-0.4, -0.2) is 11.7 Å². The van der Waals surface area contributed by atoms with Crippen LogP contribution in [0.3, 0.4) is 0 Å². The molecule has 5 nitrogen and oxygen atoms in total. The normalized spacial score (nSPS) is 14.0. The maximum Gasteiger partial charge on any atom is 0.419 e. The molecule has 114 valence electrons. The maximum atomic E-state index is 12.6. The number of carbonyl (C=O) groups is 1. The predicted molar refractivity (Wildman–Crippen MR) is 82.5 cm³/mol. The van der Waals surface area contributed by atoms with Crippen molar-refractivity contribution >= 4 is 17.5 Å². The van der Waals surface area contributed by atoms with Gasteiger partial charge < -0.3 is 13.9 Å². The molecule has 0 radical (unpaired) electrons. The molecule has 5 heteroatoms. The molecule has 0 spiro atoms. The fraction of sp³-hybridized carbons (Fsp3) is 0.235. The summed E-state index contributed by atoms with van der Waals surface area (Å²) < 4.78 is 16.5. The van der Waals surface area contributed by atoms with Crippen LogP contribution in [0.5, 0.6) is 5.75 Å². The summed E-state index contributed by atoms with van der Waals surface area (Å²) in [5, 5.41) is 0. The van der Waals surface area contributed by atoms with Crippen molar-refractivity contribution < 1.29 is 18.7 Å². The van der Waals surface area contributed by atoms with Crippen molar-refractivity contribution in [1.29, 1.82) is 0 Å². The molecule has 1 aliphatic heterocycles. The summed E-state index contributed by atoms with van der Waals surface area (Å²) in [5.74, 6) is 1.11. The molecule has 1 aromatic heterocycles. The van der Waals surface area contributed by atoms with Crippen LogP contribution in [0.25, 0.3) is 5.70 Å². The number of hydrogen-bond donors (Lipinski definition) is 0. The number of amides is 1. The van der Waals surface area contributed by atoms with Gasteiger partial charge in [0.2, 0.25) is 0 Å². The quantitative estimate of drug-likeness (QED) is 0.782. The molecule has 0 bridgehead atoms. The summed E-state index contributed by atoms with van der Waals surface area (Å²) in [5.41, 5.74) is 0.516. The summed E-state index contributed by atoms with van der Waals surface area (Å²) in [6.07, 6.45) is 2.56. The second kappa shape index (κ2) is 5.26. The minimum Gasteiger partial charge on any atom is -0.463 e. The van der Waals surface area contributed by atoms with E-state index < -0.39 is 11.7 Å². The zero-order valence-electron chi connectivity index (χ0n) is 12.7. The van der Waals surface area contributed by atoms with Gasteiger partial charge in [-0.1, -0.05) is 12.1 Å². The first-order valence-corrected chi connectivity index (χ1v) is 6.98. The van der Waals surface area contributed by atoms with E-state index in [4.69, 9.17) is 13.9 Å². The minimum atomic E-state index is -0.599. The predicted octanol–water partition coefficient (Wildman–Crippen LogP) is 4.41. The Balaban J connectivity index is 2.04. The molecule has 2 aromatic rings. The van der Waals surface area contributed by atoms with Crippen LogP contribution in [0, 0.1) is 0 Å². The number of ether oxygens (including phenoxy) is 2. The smallest absolute Gasteiger partial charge is 0.419 e. The van der Waals surface area contributed by atoms with Crippen molar-refractivity contribution in [2.75, 3.05) is 4.90 Å². The van der Waals surface area contributed by atoms with Gasteiger partial charge in [-0.3, -0.25) is 0 Å². The standard InChI is InChI=1S/C17H17NO4/c1-17(2,3)22-16(19)18-12-7-4-5-8-14(12)21-11-13(18)15-9-6-10-20-15/h4-11H,1-3H3. The Kier molecular flexibility index (Phi) is 3.41. The largest absolute Gasteiger partial charge is 0.463 e. The first-order chi connectivity index (χ1) is 10.5. The minimum absolute atomic E-state index is 0.481. The number of benzene rings is 1. The van der Waals surface area contributed by atoms with E-state index in [0.717, 1.165) is 0 Å². The Bertz CT molecular complexity index is 711. The number of nitrogens with zero attached hydrogens (tertiary/aromatic N) is 1. The molecule has 22 heavy (non-hydrogen) atoms. The van der Waals surface area contributed by atoms with Gasteiger partial charge in [0, 0.05) is 0 Å². The van der Waals surface area contributed by atoms with E-state index in [2.05, 4.69) is 0 Å². The van der Waals surface area contributed by atoms with Crippen LogP contribution < -0.4 is 9.64 Å². The second-order valence-corrected chi connectivity index (χ2v) is 5.88. The van der Waals surface area contributed by atoms with Crippen molar-refractivity contribution in [2.45, 2.75) is 26.4 Å². The molecule has 1 aromatic carbocycles. The molecule has 2 heterocycles. The number of para-hydroxylation sites is 2. The van der Waals surface area contributed by atoms with E-state index >= 15 is 0 Å². The van der Waals surface area contributed by atoms with Gasteiger partial charge in [0.1, 0.15) is 17.6 Å². The Labute approximate surface area is 128 Å². The van der Waals surface area contributed by atoms with Gasteiger partial charge in [0.05, 0.1) is 12.0 Å². The lowest BCUT2D eigenvalue weighted by atomic mass is 10.2. The van der Waals surface area contributed by atoms with Crippen molar-refractivity contribution in [1.82, 2.24) is 0 Å². The van der Waals surface area contributed by atoms with E-state index in [9.17, 15) is 4.79 Å². The number of hydrogen-bond acceptors (Lipinski definition) is 4. The van der Waals surface area contributed by atoms with Gasteiger partial charge in [0.15, 0.2) is 11.5 Å². The van der Waals surface area contributed by atoms with Gasteiger partial charge in [0.25, 0.3) is 0 Å². The van der Waals surface area contributed by atoms with Crippen LogP contribution in [-0.2, 0) is 4.74 Å². The number of fused-ring (bicyclic) bond motifs is 1. The lowest BCUT2D eigenvalue weighted by Gasteiger charge is -2.31. The molecule has 1 amide bonds. The lowest BCUT2D eigenvalue weighted by Crippen LogP contribution is -2.37. The Morgan fingerprint density at radius 3 is 2.59 bits per heavy atom.